The van der Waals surface area contributed by atoms with Gasteiger partial charge < -0.3 is 19.9 Å². The van der Waals surface area contributed by atoms with Crippen molar-refractivity contribution in [1.29, 1.82) is 0 Å². The van der Waals surface area contributed by atoms with Crippen LogP contribution in [0.5, 0.6) is 11.5 Å². The van der Waals surface area contributed by atoms with Crippen molar-refractivity contribution in [2.24, 2.45) is 5.73 Å². The highest BCUT2D eigenvalue weighted by Crippen LogP contribution is 2.55. The maximum atomic E-state index is 6.48. The number of ether oxygens (including phenoxy) is 3. The largest absolute Gasteiger partial charge is 0.454 e. The summed E-state index contributed by atoms with van der Waals surface area (Å²) in [5, 5.41) is 0. The molecule has 2 aliphatic heterocycles. The topological polar surface area (TPSA) is 53.7 Å². The van der Waals surface area contributed by atoms with Gasteiger partial charge in [0.2, 0.25) is 6.79 Å². The number of fused-ring (bicyclic) bond motifs is 1. The molecule has 0 atom stereocenters. The Labute approximate surface area is 106 Å². The average molecular weight is 247 g/mol. The summed E-state index contributed by atoms with van der Waals surface area (Å²) in [6.45, 7) is 3.88. The van der Waals surface area contributed by atoms with Crippen molar-refractivity contribution in [2.75, 3.05) is 20.0 Å². The van der Waals surface area contributed by atoms with Crippen molar-refractivity contribution < 1.29 is 14.2 Å². The van der Waals surface area contributed by atoms with Crippen LogP contribution in [0.15, 0.2) is 12.1 Å². The van der Waals surface area contributed by atoms with E-state index in [1.54, 1.807) is 0 Å². The Morgan fingerprint density at radius 2 is 1.78 bits per heavy atom. The van der Waals surface area contributed by atoms with Gasteiger partial charge in [0.25, 0.3) is 0 Å². The van der Waals surface area contributed by atoms with Crippen molar-refractivity contribution in [3.8, 4) is 11.5 Å². The Balaban J connectivity index is 1.84. The first-order chi connectivity index (χ1) is 8.65. The first kappa shape index (κ1) is 10.6. The molecule has 0 amide bonds. The predicted octanol–water partition coefficient (Wildman–Crippen LogP) is 1.48. The van der Waals surface area contributed by atoms with Gasteiger partial charge in [-0.2, -0.15) is 0 Å². The second-order valence-electron chi connectivity index (χ2n) is 5.75. The van der Waals surface area contributed by atoms with Crippen LogP contribution in [-0.2, 0) is 10.2 Å². The monoisotopic (exact) mass is 247 g/mol. The van der Waals surface area contributed by atoms with Crippen LogP contribution in [0, 0.1) is 6.92 Å². The molecule has 1 aliphatic carbocycles. The number of hydrogen-bond acceptors (Lipinski definition) is 4. The molecule has 1 saturated carbocycles. The summed E-state index contributed by atoms with van der Waals surface area (Å²) in [7, 11) is 0. The SMILES string of the molecule is Cc1cc2c(cc1C1(C3(N)CC3)COC1)OCO2. The van der Waals surface area contributed by atoms with Crippen LogP contribution in [0.1, 0.15) is 24.0 Å². The molecule has 3 aliphatic rings. The summed E-state index contributed by atoms with van der Waals surface area (Å²) in [5.41, 5.74) is 8.88. The second-order valence-corrected chi connectivity index (χ2v) is 5.75. The third kappa shape index (κ3) is 1.17. The lowest BCUT2D eigenvalue weighted by molar-refractivity contribution is -0.0789. The number of nitrogens with two attached hydrogens (primary N) is 1. The van der Waals surface area contributed by atoms with Crippen molar-refractivity contribution in [3.05, 3.63) is 23.3 Å². The molecule has 0 aromatic heterocycles. The molecule has 18 heavy (non-hydrogen) atoms. The van der Waals surface area contributed by atoms with Gasteiger partial charge in [-0.05, 0) is 43.0 Å². The molecular weight excluding hydrogens is 230 g/mol. The van der Waals surface area contributed by atoms with Crippen LogP contribution < -0.4 is 15.2 Å². The summed E-state index contributed by atoms with van der Waals surface area (Å²) < 4.78 is 16.4. The number of aryl methyl sites for hydroxylation is 1. The van der Waals surface area contributed by atoms with E-state index in [4.69, 9.17) is 19.9 Å². The fraction of sp³-hybridized carbons (Fsp3) is 0.571. The summed E-state index contributed by atoms with van der Waals surface area (Å²) in [6, 6.07) is 4.16. The van der Waals surface area contributed by atoms with E-state index < -0.39 is 0 Å². The van der Waals surface area contributed by atoms with Crippen LogP contribution in [0.4, 0.5) is 0 Å². The van der Waals surface area contributed by atoms with Gasteiger partial charge in [-0.15, -0.1) is 0 Å². The Bertz CT molecular complexity index is 518. The molecule has 96 valence electrons. The van der Waals surface area contributed by atoms with Gasteiger partial charge in [0, 0.05) is 5.54 Å². The van der Waals surface area contributed by atoms with Crippen LogP contribution in [-0.4, -0.2) is 25.5 Å². The van der Waals surface area contributed by atoms with Crippen LogP contribution in [0.25, 0.3) is 0 Å². The minimum Gasteiger partial charge on any atom is -0.454 e. The summed E-state index contributed by atoms with van der Waals surface area (Å²) in [4.78, 5) is 0. The molecule has 0 bridgehead atoms. The Morgan fingerprint density at radius 3 is 2.33 bits per heavy atom. The highest BCUT2D eigenvalue weighted by molar-refractivity contribution is 5.53. The fourth-order valence-corrected chi connectivity index (χ4v) is 3.19. The maximum absolute atomic E-state index is 6.48. The smallest absolute Gasteiger partial charge is 0.231 e. The highest BCUT2D eigenvalue weighted by atomic mass is 16.7. The lowest BCUT2D eigenvalue weighted by atomic mass is 9.69. The van der Waals surface area contributed by atoms with Gasteiger partial charge in [0.15, 0.2) is 11.5 Å². The third-order valence-corrected chi connectivity index (χ3v) is 4.67. The number of benzene rings is 1. The van der Waals surface area contributed by atoms with Crippen LogP contribution in [0.2, 0.25) is 0 Å². The molecule has 1 aromatic rings. The van der Waals surface area contributed by atoms with E-state index in [1.165, 1.54) is 11.1 Å². The Hall–Kier alpha value is -1.26. The van der Waals surface area contributed by atoms with Gasteiger partial charge in [0.05, 0.1) is 18.6 Å². The molecular formula is C14H17NO3. The van der Waals surface area contributed by atoms with E-state index in [9.17, 15) is 0 Å². The molecule has 0 radical (unpaired) electrons. The van der Waals surface area contributed by atoms with Crippen molar-refractivity contribution in [1.82, 2.24) is 0 Å². The minimum atomic E-state index is -0.0797. The standard InChI is InChI=1S/C14H17NO3/c1-9-4-11-12(18-8-17-11)5-10(9)13(6-16-7-13)14(15)2-3-14/h4-5H,2-3,6-8,15H2,1H3. The normalized spacial score (nSPS) is 25.7. The Kier molecular flexibility index (Phi) is 1.89. The third-order valence-electron chi connectivity index (χ3n) is 4.67. The summed E-state index contributed by atoms with van der Waals surface area (Å²) in [5.74, 6) is 1.68. The molecule has 4 rings (SSSR count). The van der Waals surface area contributed by atoms with Gasteiger partial charge >= 0.3 is 0 Å². The van der Waals surface area contributed by atoms with E-state index in [2.05, 4.69) is 19.1 Å². The van der Waals surface area contributed by atoms with Gasteiger partial charge in [-0.1, -0.05) is 0 Å². The van der Waals surface area contributed by atoms with E-state index in [1.807, 2.05) is 0 Å². The first-order valence-corrected chi connectivity index (χ1v) is 6.42. The summed E-state index contributed by atoms with van der Waals surface area (Å²) >= 11 is 0. The van der Waals surface area contributed by atoms with Crippen molar-refractivity contribution in [2.45, 2.75) is 30.7 Å². The van der Waals surface area contributed by atoms with E-state index in [0.29, 0.717) is 6.79 Å². The number of hydrogen-bond donors (Lipinski definition) is 1. The zero-order valence-corrected chi connectivity index (χ0v) is 10.5. The van der Waals surface area contributed by atoms with Crippen molar-refractivity contribution >= 4 is 0 Å². The molecule has 1 saturated heterocycles. The van der Waals surface area contributed by atoms with Crippen LogP contribution >= 0.6 is 0 Å². The average Bonchev–Trinajstić information content (AvgIpc) is 2.86. The lowest BCUT2D eigenvalue weighted by Crippen LogP contribution is -2.61. The molecule has 2 fully saturated rings. The molecule has 0 spiro atoms. The molecule has 0 unspecified atom stereocenters. The minimum absolute atomic E-state index is 0.0158. The molecule has 2 heterocycles. The predicted molar refractivity (Wildman–Crippen MR) is 66.0 cm³/mol. The zero-order valence-electron chi connectivity index (χ0n) is 10.5. The summed E-state index contributed by atoms with van der Waals surface area (Å²) in [6.07, 6.45) is 2.18. The van der Waals surface area contributed by atoms with Gasteiger partial charge in [0.1, 0.15) is 0 Å². The van der Waals surface area contributed by atoms with Gasteiger partial charge in [-0.25, -0.2) is 0 Å². The molecule has 4 nitrogen and oxygen atoms in total. The second kappa shape index (κ2) is 3.19. The van der Waals surface area contributed by atoms with Crippen molar-refractivity contribution in [3.63, 3.8) is 0 Å². The maximum Gasteiger partial charge on any atom is 0.231 e. The first-order valence-electron chi connectivity index (χ1n) is 6.42. The van der Waals surface area contributed by atoms with E-state index in [-0.39, 0.29) is 11.0 Å². The highest BCUT2D eigenvalue weighted by Gasteiger charge is 2.62. The van der Waals surface area contributed by atoms with Gasteiger partial charge in [-0.3, -0.25) is 0 Å². The van der Waals surface area contributed by atoms with E-state index >= 15 is 0 Å². The quantitative estimate of drug-likeness (QED) is 0.860. The molecule has 2 N–H and O–H groups in total. The van der Waals surface area contributed by atoms with E-state index in [0.717, 1.165) is 37.6 Å². The molecule has 4 heteroatoms. The number of rotatable bonds is 2. The molecule has 1 aromatic carbocycles. The Morgan fingerprint density at radius 1 is 1.11 bits per heavy atom. The fourth-order valence-electron chi connectivity index (χ4n) is 3.19. The zero-order chi connectivity index (χ0) is 12.4. The lowest BCUT2D eigenvalue weighted by Gasteiger charge is -2.47. The van der Waals surface area contributed by atoms with Crippen LogP contribution in [0.3, 0.4) is 0 Å².